The zero-order valence-electron chi connectivity index (χ0n) is 10.1. The van der Waals surface area contributed by atoms with Crippen molar-refractivity contribution in [2.24, 2.45) is 0 Å². The summed E-state index contributed by atoms with van der Waals surface area (Å²) in [7, 11) is 3.54. The van der Waals surface area contributed by atoms with Crippen LogP contribution in [0.2, 0.25) is 0 Å². The highest BCUT2D eigenvalue weighted by Crippen LogP contribution is 2.02. The Balaban J connectivity index is 3.25. The van der Waals surface area contributed by atoms with E-state index in [1.807, 2.05) is 11.8 Å². The fourth-order valence-corrected chi connectivity index (χ4v) is 1.91. The molecule has 0 rings (SSSR count). The van der Waals surface area contributed by atoms with Gasteiger partial charge in [-0.05, 0) is 44.5 Å². The number of carbonyl (C=O) groups is 1. The van der Waals surface area contributed by atoms with Crippen molar-refractivity contribution in [3.63, 3.8) is 0 Å². The van der Waals surface area contributed by atoms with Crippen molar-refractivity contribution in [3.05, 3.63) is 0 Å². The van der Waals surface area contributed by atoms with Crippen molar-refractivity contribution in [1.82, 2.24) is 4.90 Å². The van der Waals surface area contributed by atoms with Crippen molar-refractivity contribution in [2.75, 3.05) is 38.8 Å². The summed E-state index contributed by atoms with van der Waals surface area (Å²) >= 11 is 1.98. The van der Waals surface area contributed by atoms with Crippen LogP contribution >= 0.6 is 11.8 Å². The second-order valence-corrected chi connectivity index (χ2v) is 4.93. The predicted molar refractivity (Wildman–Crippen MR) is 66.4 cm³/mol. The average Bonchev–Trinajstić information content (AvgIpc) is 2.24. The second kappa shape index (κ2) is 10.3. The van der Waals surface area contributed by atoms with Gasteiger partial charge in [-0.2, -0.15) is 11.8 Å². The molecule has 0 saturated carbocycles. The van der Waals surface area contributed by atoms with Crippen LogP contribution in [0, 0.1) is 0 Å². The number of hydrogen-bond acceptors (Lipinski definition) is 4. The highest BCUT2D eigenvalue weighted by Gasteiger charge is 2.02. The minimum Gasteiger partial charge on any atom is -0.469 e. The molecule has 0 aliphatic rings. The maximum Gasteiger partial charge on any atom is 0.305 e. The molecule has 3 nitrogen and oxygen atoms in total. The van der Waals surface area contributed by atoms with Gasteiger partial charge >= 0.3 is 5.97 Å². The Morgan fingerprint density at radius 2 is 2.00 bits per heavy atom. The predicted octanol–water partition coefficient (Wildman–Crippen LogP) is 2.01. The van der Waals surface area contributed by atoms with Gasteiger partial charge in [-0.25, -0.2) is 0 Å². The first-order valence-corrected chi connectivity index (χ1v) is 6.69. The van der Waals surface area contributed by atoms with Gasteiger partial charge in [0.25, 0.3) is 0 Å². The monoisotopic (exact) mass is 233 g/mol. The molecule has 0 aliphatic heterocycles. The highest BCUT2D eigenvalue weighted by molar-refractivity contribution is 7.99. The third-order valence-corrected chi connectivity index (χ3v) is 3.17. The van der Waals surface area contributed by atoms with E-state index in [0.29, 0.717) is 6.42 Å². The molecule has 0 radical (unpaired) electrons. The lowest BCUT2D eigenvalue weighted by molar-refractivity contribution is -0.140. The topological polar surface area (TPSA) is 29.5 Å². The first kappa shape index (κ1) is 14.8. The lowest BCUT2D eigenvalue weighted by Crippen LogP contribution is -2.22. The van der Waals surface area contributed by atoms with Crippen molar-refractivity contribution < 1.29 is 9.53 Å². The quantitative estimate of drug-likeness (QED) is 0.450. The smallest absolute Gasteiger partial charge is 0.305 e. The number of thioether (sulfide) groups is 1. The van der Waals surface area contributed by atoms with Crippen LogP contribution < -0.4 is 0 Å². The minimum absolute atomic E-state index is 0.107. The molecule has 0 amide bonds. The number of esters is 1. The van der Waals surface area contributed by atoms with Crippen molar-refractivity contribution >= 4 is 17.7 Å². The van der Waals surface area contributed by atoms with Crippen LogP contribution in [0.3, 0.4) is 0 Å². The molecule has 0 N–H and O–H groups in total. The summed E-state index contributed by atoms with van der Waals surface area (Å²) in [6.07, 6.45) is 2.65. The van der Waals surface area contributed by atoms with Gasteiger partial charge in [0.1, 0.15) is 0 Å². The fourth-order valence-electron chi connectivity index (χ4n) is 1.29. The zero-order chi connectivity index (χ0) is 11.5. The van der Waals surface area contributed by atoms with Crippen LogP contribution in [0.4, 0.5) is 0 Å². The van der Waals surface area contributed by atoms with E-state index in [1.54, 1.807) is 0 Å². The standard InChI is InChI=1S/C11H23NO2S/c1-4-15-10-6-9-12(2)8-5-7-11(13)14-3/h4-10H2,1-3H3. The van der Waals surface area contributed by atoms with Gasteiger partial charge in [-0.15, -0.1) is 0 Å². The maximum atomic E-state index is 10.8. The molecule has 0 bridgehead atoms. The van der Waals surface area contributed by atoms with Crippen LogP contribution in [-0.2, 0) is 9.53 Å². The molecule has 0 heterocycles. The van der Waals surface area contributed by atoms with E-state index >= 15 is 0 Å². The van der Waals surface area contributed by atoms with Crippen LogP contribution in [-0.4, -0.2) is 49.6 Å². The summed E-state index contributed by atoms with van der Waals surface area (Å²) in [4.78, 5) is 13.1. The van der Waals surface area contributed by atoms with Crippen LogP contribution in [0.5, 0.6) is 0 Å². The lowest BCUT2D eigenvalue weighted by Gasteiger charge is -2.15. The second-order valence-electron chi connectivity index (χ2n) is 3.53. The fraction of sp³-hybridized carbons (Fsp3) is 0.909. The Morgan fingerprint density at radius 1 is 1.33 bits per heavy atom. The molecule has 0 fully saturated rings. The molecule has 0 saturated heterocycles. The molecule has 0 aromatic rings. The SMILES string of the molecule is CCSCCCN(C)CCCC(=O)OC. The Hall–Kier alpha value is -0.220. The van der Waals surface area contributed by atoms with E-state index < -0.39 is 0 Å². The zero-order valence-corrected chi connectivity index (χ0v) is 10.9. The van der Waals surface area contributed by atoms with E-state index in [2.05, 4.69) is 23.6 Å². The van der Waals surface area contributed by atoms with Crippen molar-refractivity contribution in [2.45, 2.75) is 26.2 Å². The van der Waals surface area contributed by atoms with E-state index in [0.717, 1.165) is 19.5 Å². The summed E-state index contributed by atoms with van der Waals surface area (Å²) in [6.45, 7) is 4.28. The largest absolute Gasteiger partial charge is 0.469 e. The van der Waals surface area contributed by atoms with E-state index in [-0.39, 0.29) is 5.97 Å². The van der Waals surface area contributed by atoms with E-state index in [4.69, 9.17) is 0 Å². The highest BCUT2D eigenvalue weighted by atomic mass is 32.2. The molecule has 0 aromatic carbocycles. The summed E-state index contributed by atoms with van der Waals surface area (Å²) < 4.78 is 4.58. The molecule has 90 valence electrons. The molecular formula is C11H23NO2S. The van der Waals surface area contributed by atoms with Gasteiger partial charge in [0.2, 0.25) is 0 Å². The van der Waals surface area contributed by atoms with Crippen molar-refractivity contribution in [3.8, 4) is 0 Å². The van der Waals surface area contributed by atoms with Gasteiger partial charge in [0, 0.05) is 6.42 Å². The first-order valence-electron chi connectivity index (χ1n) is 5.53. The molecule has 15 heavy (non-hydrogen) atoms. The number of rotatable bonds is 9. The Kier molecular flexibility index (Phi) is 10.2. The summed E-state index contributed by atoms with van der Waals surface area (Å²) in [6, 6.07) is 0. The third kappa shape index (κ3) is 10.1. The van der Waals surface area contributed by atoms with Gasteiger partial charge < -0.3 is 9.64 Å². The van der Waals surface area contributed by atoms with Crippen molar-refractivity contribution in [1.29, 1.82) is 0 Å². The maximum absolute atomic E-state index is 10.8. The number of carbonyl (C=O) groups excluding carboxylic acids is 1. The molecule has 0 unspecified atom stereocenters. The van der Waals surface area contributed by atoms with E-state index in [9.17, 15) is 4.79 Å². The van der Waals surface area contributed by atoms with Gasteiger partial charge in [-0.3, -0.25) is 4.79 Å². The molecule has 0 aromatic heterocycles. The van der Waals surface area contributed by atoms with Crippen LogP contribution in [0.1, 0.15) is 26.2 Å². The lowest BCUT2D eigenvalue weighted by atomic mass is 10.3. The summed E-state index contributed by atoms with van der Waals surface area (Å²) in [5.41, 5.74) is 0. The third-order valence-electron chi connectivity index (χ3n) is 2.18. The summed E-state index contributed by atoms with van der Waals surface area (Å²) in [5, 5.41) is 0. The number of hydrogen-bond donors (Lipinski definition) is 0. The molecular weight excluding hydrogens is 210 g/mol. The molecule has 0 atom stereocenters. The molecule has 0 spiro atoms. The van der Waals surface area contributed by atoms with E-state index in [1.165, 1.54) is 25.0 Å². The molecule has 0 aliphatic carbocycles. The van der Waals surface area contributed by atoms with Crippen LogP contribution in [0.15, 0.2) is 0 Å². The first-order chi connectivity index (χ1) is 7.20. The van der Waals surface area contributed by atoms with Gasteiger partial charge in [0.05, 0.1) is 7.11 Å². The minimum atomic E-state index is -0.107. The number of ether oxygens (including phenoxy) is 1. The van der Waals surface area contributed by atoms with Crippen LogP contribution in [0.25, 0.3) is 0 Å². The number of nitrogens with zero attached hydrogens (tertiary/aromatic N) is 1. The Labute approximate surface area is 97.5 Å². The van der Waals surface area contributed by atoms with Gasteiger partial charge in [0.15, 0.2) is 0 Å². The Morgan fingerprint density at radius 3 is 2.60 bits per heavy atom. The normalized spacial score (nSPS) is 10.7. The number of methoxy groups -OCH3 is 1. The average molecular weight is 233 g/mol. The Bertz CT molecular complexity index is 165. The molecule has 4 heteroatoms. The van der Waals surface area contributed by atoms with Gasteiger partial charge in [-0.1, -0.05) is 6.92 Å². The summed E-state index contributed by atoms with van der Waals surface area (Å²) in [5.74, 6) is 2.33.